The Kier molecular flexibility index (Phi) is 7.13. The number of para-hydroxylation sites is 3. The predicted octanol–water partition coefficient (Wildman–Crippen LogP) is 15.2. The smallest absolute Gasteiger partial charge is 0.0619 e. The maximum absolute atomic E-state index is 2.49. The van der Waals surface area contributed by atoms with Crippen molar-refractivity contribution in [3.8, 4) is 44.8 Å². The summed E-state index contributed by atoms with van der Waals surface area (Å²) in [6, 6.07) is 75.7. The van der Waals surface area contributed by atoms with E-state index >= 15 is 0 Å². The van der Waals surface area contributed by atoms with Gasteiger partial charge < -0.3 is 9.13 Å². The Morgan fingerprint density at radius 1 is 0.298 bits per heavy atom. The van der Waals surface area contributed by atoms with Crippen LogP contribution in [0.5, 0.6) is 0 Å². The Labute approximate surface area is 333 Å². The number of aromatic nitrogens is 2. The second kappa shape index (κ2) is 12.7. The van der Waals surface area contributed by atoms with E-state index in [-0.39, 0.29) is 0 Å². The number of hydrogen-bond donors (Lipinski definition) is 0. The van der Waals surface area contributed by atoms with Crippen LogP contribution in [0.3, 0.4) is 0 Å². The summed E-state index contributed by atoms with van der Waals surface area (Å²) >= 11 is 1.86. The Balaban J connectivity index is 1.07. The molecule has 0 unspecified atom stereocenters. The molecule has 2 nitrogen and oxygen atoms in total. The van der Waals surface area contributed by atoms with Crippen molar-refractivity contribution in [3.63, 3.8) is 0 Å². The fourth-order valence-corrected chi connectivity index (χ4v) is 10.3. The number of thiophene rings is 1. The van der Waals surface area contributed by atoms with E-state index in [0.29, 0.717) is 0 Å². The predicted molar refractivity (Wildman–Crippen MR) is 244 cm³/mol. The SMILES string of the molecule is c1ccc(-c2ccccc2-n2c3ccc(-c4ccc5c(c4)c4ccccc4n5-c4ccc5sc6ccccc6c5c4)cc3c3cccc(-c4ccccc4)c32)cc1. The first-order valence-electron chi connectivity index (χ1n) is 19.5. The van der Waals surface area contributed by atoms with Crippen molar-refractivity contribution in [3.05, 3.63) is 206 Å². The molecular formula is C54H34N2S. The van der Waals surface area contributed by atoms with E-state index in [1.54, 1.807) is 0 Å². The molecule has 12 aromatic rings. The highest BCUT2D eigenvalue weighted by Crippen LogP contribution is 2.43. The zero-order valence-corrected chi connectivity index (χ0v) is 31.7. The lowest BCUT2D eigenvalue weighted by Crippen LogP contribution is -1.98. The molecule has 12 rings (SSSR count). The third kappa shape index (κ3) is 4.96. The van der Waals surface area contributed by atoms with Crippen LogP contribution in [-0.2, 0) is 0 Å². The Hall–Kier alpha value is -7.20. The monoisotopic (exact) mass is 742 g/mol. The molecule has 0 bridgehead atoms. The van der Waals surface area contributed by atoms with E-state index in [2.05, 4.69) is 215 Å². The van der Waals surface area contributed by atoms with E-state index in [9.17, 15) is 0 Å². The summed E-state index contributed by atoms with van der Waals surface area (Å²) in [7, 11) is 0. The highest BCUT2D eigenvalue weighted by Gasteiger charge is 2.20. The first-order chi connectivity index (χ1) is 28.3. The van der Waals surface area contributed by atoms with Crippen LogP contribution in [0.15, 0.2) is 206 Å². The maximum atomic E-state index is 2.49. The molecule has 0 amide bonds. The van der Waals surface area contributed by atoms with E-state index in [1.807, 2.05) is 11.3 Å². The summed E-state index contributed by atoms with van der Waals surface area (Å²) < 4.78 is 7.57. The zero-order chi connectivity index (χ0) is 37.5. The van der Waals surface area contributed by atoms with Crippen LogP contribution in [0.4, 0.5) is 0 Å². The fourth-order valence-electron chi connectivity index (χ4n) is 9.16. The van der Waals surface area contributed by atoms with Gasteiger partial charge in [-0.1, -0.05) is 146 Å². The molecule has 0 fully saturated rings. The van der Waals surface area contributed by atoms with Gasteiger partial charge >= 0.3 is 0 Å². The Bertz CT molecular complexity index is 3510. The lowest BCUT2D eigenvalue weighted by Gasteiger charge is -2.16. The first-order valence-corrected chi connectivity index (χ1v) is 20.3. The molecular weight excluding hydrogens is 709 g/mol. The fraction of sp³-hybridized carbons (Fsp3) is 0. The molecule has 0 aliphatic carbocycles. The molecule has 3 heterocycles. The molecule has 3 heteroatoms. The first kappa shape index (κ1) is 32.1. The molecule has 57 heavy (non-hydrogen) atoms. The van der Waals surface area contributed by atoms with Gasteiger partial charge in [0, 0.05) is 58.5 Å². The number of benzene rings is 9. The Morgan fingerprint density at radius 2 is 0.860 bits per heavy atom. The molecule has 266 valence electrons. The lowest BCUT2D eigenvalue weighted by atomic mass is 9.99. The van der Waals surface area contributed by atoms with Crippen LogP contribution in [-0.4, -0.2) is 9.13 Å². The minimum atomic E-state index is 1.17. The molecule has 3 aromatic heterocycles. The van der Waals surface area contributed by atoms with Gasteiger partial charge in [0.25, 0.3) is 0 Å². The lowest BCUT2D eigenvalue weighted by molar-refractivity contribution is 1.18. The summed E-state index contributed by atoms with van der Waals surface area (Å²) in [5, 5.41) is 7.62. The van der Waals surface area contributed by atoms with Gasteiger partial charge in [0.15, 0.2) is 0 Å². The summed E-state index contributed by atoms with van der Waals surface area (Å²) in [5.74, 6) is 0. The molecule has 0 saturated carbocycles. The minimum absolute atomic E-state index is 1.17. The molecule has 0 spiro atoms. The molecule has 9 aromatic carbocycles. The summed E-state index contributed by atoms with van der Waals surface area (Å²) in [5.41, 5.74) is 14.4. The third-order valence-corrected chi connectivity index (χ3v) is 12.9. The largest absolute Gasteiger partial charge is 0.309 e. The van der Waals surface area contributed by atoms with Crippen LogP contribution in [0.1, 0.15) is 0 Å². The second-order valence-electron chi connectivity index (χ2n) is 14.9. The number of fused-ring (bicyclic) bond motifs is 9. The highest BCUT2D eigenvalue weighted by atomic mass is 32.1. The van der Waals surface area contributed by atoms with E-state index in [0.717, 1.165) is 0 Å². The van der Waals surface area contributed by atoms with Crippen LogP contribution in [0.2, 0.25) is 0 Å². The van der Waals surface area contributed by atoms with Gasteiger partial charge in [-0.15, -0.1) is 11.3 Å². The van der Waals surface area contributed by atoms with Crippen molar-refractivity contribution in [1.29, 1.82) is 0 Å². The minimum Gasteiger partial charge on any atom is -0.309 e. The average Bonchev–Trinajstić information content (AvgIpc) is 3.94. The van der Waals surface area contributed by atoms with Crippen molar-refractivity contribution in [2.75, 3.05) is 0 Å². The Morgan fingerprint density at radius 3 is 1.65 bits per heavy atom. The quantitative estimate of drug-likeness (QED) is 0.166. The summed E-state index contributed by atoms with van der Waals surface area (Å²) in [4.78, 5) is 0. The van der Waals surface area contributed by atoms with E-state index in [1.165, 1.54) is 109 Å². The van der Waals surface area contributed by atoms with Gasteiger partial charge in [0.1, 0.15) is 0 Å². The standard InChI is InChI=1S/C54H34N2S/c1-3-14-35(15-4-1)40-18-7-10-23-48(40)56-51-30-27-38(33-46(51)44-22-13-21-41(54(44)56)36-16-5-2-6-17-36)37-26-29-50-45(32-37)42-19-8-11-24-49(42)55(50)39-28-31-53-47(34-39)43-20-9-12-25-52(43)57-53/h1-34H. The van der Waals surface area contributed by atoms with Crippen molar-refractivity contribution in [2.45, 2.75) is 0 Å². The average molecular weight is 743 g/mol. The molecule has 0 radical (unpaired) electrons. The summed E-state index contributed by atoms with van der Waals surface area (Å²) in [6.45, 7) is 0. The van der Waals surface area contributed by atoms with Crippen molar-refractivity contribution >= 4 is 75.1 Å². The van der Waals surface area contributed by atoms with Crippen molar-refractivity contribution in [1.82, 2.24) is 9.13 Å². The van der Waals surface area contributed by atoms with Crippen molar-refractivity contribution in [2.24, 2.45) is 0 Å². The van der Waals surface area contributed by atoms with E-state index in [4.69, 9.17) is 0 Å². The number of nitrogens with zero attached hydrogens (tertiary/aromatic N) is 2. The zero-order valence-electron chi connectivity index (χ0n) is 30.9. The molecule has 0 aliphatic heterocycles. The van der Waals surface area contributed by atoms with Gasteiger partial charge in [0.05, 0.1) is 27.8 Å². The number of hydrogen-bond acceptors (Lipinski definition) is 1. The van der Waals surface area contributed by atoms with E-state index < -0.39 is 0 Å². The maximum Gasteiger partial charge on any atom is 0.0619 e. The van der Waals surface area contributed by atoms with Gasteiger partial charge in [-0.3, -0.25) is 0 Å². The third-order valence-electron chi connectivity index (χ3n) is 11.7. The van der Waals surface area contributed by atoms with Crippen LogP contribution >= 0.6 is 11.3 Å². The topological polar surface area (TPSA) is 9.86 Å². The molecule has 0 aliphatic rings. The van der Waals surface area contributed by atoms with Gasteiger partial charge in [-0.05, 0) is 82.9 Å². The second-order valence-corrected chi connectivity index (χ2v) is 16.0. The molecule has 0 N–H and O–H groups in total. The van der Waals surface area contributed by atoms with Gasteiger partial charge in [-0.25, -0.2) is 0 Å². The van der Waals surface area contributed by atoms with Crippen LogP contribution in [0.25, 0.3) is 109 Å². The summed E-state index contributed by atoms with van der Waals surface area (Å²) in [6.07, 6.45) is 0. The van der Waals surface area contributed by atoms with Crippen LogP contribution < -0.4 is 0 Å². The normalized spacial score (nSPS) is 11.9. The van der Waals surface area contributed by atoms with Crippen molar-refractivity contribution < 1.29 is 0 Å². The van der Waals surface area contributed by atoms with Gasteiger partial charge in [0.2, 0.25) is 0 Å². The van der Waals surface area contributed by atoms with Gasteiger partial charge in [-0.2, -0.15) is 0 Å². The number of rotatable bonds is 5. The molecule has 0 atom stereocenters. The van der Waals surface area contributed by atoms with Crippen LogP contribution in [0, 0.1) is 0 Å². The molecule has 0 saturated heterocycles. The highest BCUT2D eigenvalue weighted by molar-refractivity contribution is 7.25.